The molecule has 0 saturated carbocycles. The molecule has 1 saturated heterocycles. The van der Waals surface area contributed by atoms with Crippen molar-refractivity contribution in [2.75, 3.05) is 32.1 Å². The monoisotopic (exact) mass is 564 g/mol. The molecule has 2 heterocycles. The minimum Gasteiger partial charge on any atom is -0.439 e. The molecule has 3 aromatic rings. The van der Waals surface area contributed by atoms with Gasteiger partial charge in [0.2, 0.25) is 5.88 Å². The number of nitrogens with one attached hydrogen (secondary N) is 1. The van der Waals surface area contributed by atoms with Gasteiger partial charge in [0.25, 0.3) is 0 Å². The van der Waals surface area contributed by atoms with Crippen LogP contribution in [0.5, 0.6) is 11.6 Å². The van der Waals surface area contributed by atoms with Crippen LogP contribution in [0.25, 0.3) is 11.3 Å². The van der Waals surface area contributed by atoms with Gasteiger partial charge in [0.15, 0.2) is 0 Å². The molecule has 39 heavy (non-hydrogen) atoms. The molecule has 0 amide bonds. The van der Waals surface area contributed by atoms with E-state index >= 15 is 0 Å². The second kappa shape index (κ2) is 11.7. The highest BCUT2D eigenvalue weighted by atomic mass is 32.2. The van der Waals surface area contributed by atoms with Gasteiger partial charge in [-0.15, -0.1) is 0 Å². The summed E-state index contributed by atoms with van der Waals surface area (Å²) in [4.78, 5) is 2.36. The van der Waals surface area contributed by atoms with Crippen LogP contribution in [0.4, 0.5) is 13.2 Å². The third-order valence-corrected chi connectivity index (χ3v) is 8.09. The molecular weight excluding hydrogens is 529 g/mol. The Bertz CT molecular complexity index is 1360. The lowest BCUT2D eigenvalue weighted by Crippen LogP contribution is -2.44. The number of ether oxygens (including phenoxy) is 2. The summed E-state index contributed by atoms with van der Waals surface area (Å²) < 4.78 is 67.1. The van der Waals surface area contributed by atoms with Crippen LogP contribution < -0.4 is 9.46 Å². The van der Waals surface area contributed by atoms with Crippen LogP contribution in [0, 0.1) is 0 Å². The number of halogens is 3. The van der Waals surface area contributed by atoms with E-state index in [4.69, 9.17) is 9.47 Å². The standard InChI is InChI=1S/C28H35F3N4O3S/c1-5-35-26(38-24-11-9-21(10-12-24)19-34-13-15-37-16-14-34)18-25(32-35)22-7-6-8-23(17-22)27(2,3)33-39(4,36)20-28(29,30)31/h6-12,17-18H,4-5,13-16,19-20H2,1-3H3,(H,33,36). The molecule has 1 aromatic heterocycles. The first kappa shape index (κ1) is 29.1. The first-order chi connectivity index (χ1) is 18.3. The maximum Gasteiger partial charge on any atom is 0.401 e. The van der Waals surface area contributed by atoms with Gasteiger partial charge in [-0.05, 0) is 56.0 Å². The van der Waals surface area contributed by atoms with E-state index in [1.165, 1.54) is 5.56 Å². The van der Waals surface area contributed by atoms with E-state index in [9.17, 15) is 17.4 Å². The number of alkyl halides is 3. The average Bonchev–Trinajstić information content (AvgIpc) is 3.26. The SMILES string of the molecule is C=S(=O)(CC(F)(F)F)NC(C)(C)c1cccc(-c2cc(Oc3ccc(CN4CCOCC4)cc3)n(CC)n2)c1. The summed E-state index contributed by atoms with van der Waals surface area (Å²) in [5.74, 6) is 3.07. The molecule has 7 nitrogen and oxygen atoms in total. The van der Waals surface area contributed by atoms with Crippen molar-refractivity contribution in [1.29, 1.82) is 0 Å². The van der Waals surface area contributed by atoms with Gasteiger partial charge in [-0.1, -0.05) is 30.3 Å². The Morgan fingerprint density at radius 1 is 1.10 bits per heavy atom. The lowest BCUT2D eigenvalue weighted by atomic mass is 9.93. The Morgan fingerprint density at radius 2 is 1.79 bits per heavy atom. The Balaban J connectivity index is 1.49. The molecule has 0 aliphatic carbocycles. The summed E-state index contributed by atoms with van der Waals surface area (Å²) in [6.07, 6.45) is -4.59. The largest absolute Gasteiger partial charge is 0.439 e. The van der Waals surface area contributed by atoms with Gasteiger partial charge >= 0.3 is 6.18 Å². The van der Waals surface area contributed by atoms with Gasteiger partial charge in [0, 0.05) is 53.1 Å². The molecule has 1 aliphatic rings. The first-order valence-electron chi connectivity index (χ1n) is 12.8. The van der Waals surface area contributed by atoms with Crippen molar-refractivity contribution >= 4 is 15.6 Å². The highest BCUT2D eigenvalue weighted by Crippen LogP contribution is 2.31. The molecule has 4 rings (SSSR count). The number of morpholine rings is 1. The van der Waals surface area contributed by atoms with Crippen molar-refractivity contribution in [3.05, 3.63) is 65.7 Å². The van der Waals surface area contributed by atoms with Gasteiger partial charge in [0.05, 0.1) is 18.9 Å². The molecule has 11 heteroatoms. The molecule has 1 unspecified atom stereocenters. The molecule has 2 aromatic carbocycles. The van der Waals surface area contributed by atoms with Crippen molar-refractivity contribution in [3.8, 4) is 22.9 Å². The fourth-order valence-electron chi connectivity index (χ4n) is 4.54. The quantitative estimate of drug-likeness (QED) is 0.343. The number of hydrogen-bond acceptors (Lipinski definition) is 5. The zero-order valence-corrected chi connectivity index (χ0v) is 23.3. The summed E-state index contributed by atoms with van der Waals surface area (Å²) in [6.45, 7) is 10.1. The van der Waals surface area contributed by atoms with Crippen molar-refractivity contribution in [3.63, 3.8) is 0 Å². The first-order valence-corrected chi connectivity index (χ1v) is 14.7. The highest BCUT2D eigenvalue weighted by molar-refractivity contribution is 7.98. The van der Waals surface area contributed by atoms with E-state index in [0.717, 1.165) is 38.4 Å². The minimum atomic E-state index is -4.59. The average molecular weight is 565 g/mol. The highest BCUT2D eigenvalue weighted by Gasteiger charge is 2.35. The van der Waals surface area contributed by atoms with Crippen molar-refractivity contribution < 1.29 is 26.9 Å². The summed E-state index contributed by atoms with van der Waals surface area (Å²) in [5.41, 5.74) is 2.23. The van der Waals surface area contributed by atoms with Crippen LogP contribution in [0.3, 0.4) is 0 Å². The second-order valence-electron chi connectivity index (χ2n) is 10.2. The normalized spacial score (nSPS) is 16.7. The molecule has 0 bridgehead atoms. The zero-order valence-electron chi connectivity index (χ0n) is 22.5. The molecule has 0 spiro atoms. The van der Waals surface area contributed by atoms with Crippen LogP contribution in [0.15, 0.2) is 54.6 Å². The van der Waals surface area contributed by atoms with Crippen LogP contribution in [-0.4, -0.2) is 63.0 Å². The molecule has 1 aliphatic heterocycles. The number of nitrogens with zero attached hydrogens (tertiary/aromatic N) is 3. The Hall–Kier alpha value is -2.86. The van der Waals surface area contributed by atoms with Crippen LogP contribution in [0.2, 0.25) is 0 Å². The number of benzene rings is 2. The lowest BCUT2D eigenvalue weighted by molar-refractivity contribution is -0.106. The number of hydrogen-bond donors (Lipinski definition) is 1. The number of rotatable bonds is 10. The molecule has 212 valence electrons. The third kappa shape index (κ3) is 8.07. The third-order valence-electron chi connectivity index (χ3n) is 6.42. The summed E-state index contributed by atoms with van der Waals surface area (Å²) in [6, 6.07) is 17.1. The molecule has 1 fully saturated rings. The van der Waals surface area contributed by atoms with Gasteiger partial charge < -0.3 is 9.47 Å². The lowest BCUT2D eigenvalue weighted by Gasteiger charge is -2.29. The summed E-state index contributed by atoms with van der Waals surface area (Å²) in [7, 11) is -3.60. The van der Waals surface area contributed by atoms with Gasteiger partial charge in [-0.25, -0.2) is 9.40 Å². The zero-order chi connectivity index (χ0) is 28.3. The fourth-order valence-corrected chi connectivity index (χ4v) is 6.19. The van der Waals surface area contributed by atoms with Crippen LogP contribution >= 0.6 is 0 Å². The number of aryl methyl sites for hydroxylation is 1. The topological polar surface area (TPSA) is 68.6 Å². The maximum atomic E-state index is 12.9. The van der Waals surface area contributed by atoms with E-state index in [0.29, 0.717) is 29.4 Å². The smallest absolute Gasteiger partial charge is 0.401 e. The van der Waals surface area contributed by atoms with E-state index < -0.39 is 27.2 Å². The van der Waals surface area contributed by atoms with Crippen LogP contribution in [0.1, 0.15) is 31.9 Å². The van der Waals surface area contributed by atoms with Gasteiger partial charge in [0.1, 0.15) is 11.5 Å². The molecule has 1 N–H and O–H groups in total. The Morgan fingerprint density at radius 3 is 2.44 bits per heavy atom. The van der Waals surface area contributed by atoms with E-state index in [-0.39, 0.29) is 0 Å². The predicted octanol–water partition coefficient (Wildman–Crippen LogP) is 5.21. The van der Waals surface area contributed by atoms with E-state index in [1.807, 2.05) is 37.3 Å². The number of aromatic nitrogens is 2. The molecular formula is C28H35F3N4O3S. The van der Waals surface area contributed by atoms with Gasteiger partial charge in [-0.3, -0.25) is 9.11 Å². The maximum absolute atomic E-state index is 12.9. The second-order valence-corrected chi connectivity index (χ2v) is 12.3. The van der Waals surface area contributed by atoms with Gasteiger partial charge in [-0.2, -0.15) is 18.3 Å². The molecule has 0 radical (unpaired) electrons. The summed E-state index contributed by atoms with van der Waals surface area (Å²) in [5, 5.41) is 4.67. The van der Waals surface area contributed by atoms with E-state index in [1.54, 1.807) is 30.7 Å². The Kier molecular flexibility index (Phi) is 8.75. The Labute approximate surface area is 228 Å². The van der Waals surface area contributed by atoms with Crippen molar-refractivity contribution in [2.24, 2.45) is 0 Å². The van der Waals surface area contributed by atoms with Crippen LogP contribution in [-0.2, 0) is 33.1 Å². The minimum absolute atomic E-state index is 0.571. The predicted molar refractivity (Wildman–Crippen MR) is 148 cm³/mol. The van der Waals surface area contributed by atoms with Crippen molar-refractivity contribution in [2.45, 2.75) is 45.6 Å². The summed E-state index contributed by atoms with van der Waals surface area (Å²) >= 11 is 0. The fraction of sp³-hybridized carbons (Fsp3) is 0.429. The van der Waals surface area contributed by atoms with E-state index in [2.05, 4.69) is 32.7 Å². The van der Waals surface area contributed by atoms with Crippen molar-refractivity contribution in [1.82, 2.24) is 19.4 Å². The molecule has 1 atom stereocenters.